The third kappa shape index (κ3) is 4.26. The van der Waals surface area contributed by atoms with Crippen molar-refractivity contribution in [2.45, 2.75) is 26.8 Å². The Kier molecular flexibility index (Phi) is 4.68. The number of amides is 1. The zero-order chi connectivity index (χ0) is 12.8. The maximum Gasteiger partial charge on any atom is 0.303 e. The molecule has 1 aromatic rings. The number of aromatic nitrogens is 2. The van der Waals surface area contributed by atoms with Crippen LogP contribution in [0.5, 0.6) is 0 Å². The van der Waals surface area contributed by atoms with Crippen LogP contribution in [0.4, 0.5) is 0 Å². The molecule has 1 amide bonds. The van der Waals surface area contributed by atoms with Crippen molar-refractivity contribution in [3.63, 3.8) is 0 Å². The first kappa shape index (κ1) is 13.2. The van der Waals surface area contributed by atoms with E-state index in [-0.39, 0.29) is 18.2 Å². The summed E-state index contributed by atoms with van der Waals surface area (Å²) in [6, 6.07) is 0. The molecule has 1 unspecified atom stereocenters. The number of rotatable bonds is 6. The van der Waals surface area contributed by atoms with Crippen LogP contribution in [0.25, 0.3) is 0 Å². The van der Waals surface area contributed by atoms with Crippen molar-refractivity contribution in [1.29, 1.82) is 0 Å². The van der Waals surface area contributed by atoms with Crippen LogP contribution in [0.2, 0.25) is 0 Å². The van der Waals surface area contributed by atoms with Gasteiger partial charge in [0.15, 0.2) is 0 Å². The van der Waals surface area contributed by atoms with E-state index in [0.29, 0.717) is 18.7 Å². The first-order valence-corrected chi connectivity index (χ1v) is 5.55. The topological polar surface area (TPSA) is 84.2 Å². The summed E-state index contributed by atoms with van der Waals surface area (Å²) in [4.78, 5) is 22.1. The Labute approximate surface area is 99.6 Å². The minimum Gasteiger partial charge on any atom is -0.481 e. The second-order valence-electron chi connectivity index (χ2n) is 4.00. The molecule has 0 aliphatic rings. The van der Waals surface area contributed by atoms with Crippen molar-refractivity contribution in [3.8, 4) is 0 Å². The Hall–Kier alpha value is -1.85. The lowest BCUT2D eigenvalue weighted by Gasteiger charge is -2.09. The highest BCUT2D eigenvalue weighted by molar-refractivity contribution is 5.93. The Morgan fingerprint density at radius 3 is 2.82 bits per heavy atom. The summed E-state index contributed by atoms with van der Waals surface area (Å²) in [5, 5.41) is 15.3. The number of nitrogens with one attached hydrogen (secondary N) is 1. The van der Waals surface area contributed by atoms with E-state index in [4.69, 9.17) is 5.11 Å². The second kappa shape index (κ2) is 6.03. The molecule has 0 saturated heterocycles. The van der Waals surface area contributed by atoms with E-state index in [1.165, 1.54) is 6.20 Å². The van der Waals surface area contributed by atoms with Gasteiger partial charge in [-0.15, -0.1) is 0 Å². The van der Waals surface area contributed by atoms with E-state index in [9.17, 15) is 9.59 Å². The maximum absolute atomic E-state index is 11.7. The number of carbonyl (C=O) groups is 2. The largest absolute Gasteiger partial charge is 0.481 e. The van der Waals surface area contributed by atoms with Crippen molar-refractivity contribution in [2.24, 2.45) is 5.92 Å². The third-order valence-corrected chi connectivity index (χ3v) is 2.35. The van der Waals surface area contributed by atoms with E-state index in [1.807, 2.05) is 6.92 Å². The van der Waals surface area contributed by atoms with E-state index in [0.717, 1.165) is 0 Å². The monoisotopic (exact) mass is 239 g/mol. The van der Waals surface area contributed by atoms with Crippen LogP contribution in [0, 0.1) is 5.92 Å². The Morgan fingerprint density at radius 2 is 2.29 bits per heavy atom. The molecule has 1 rings (SSSR count). The minimum absolute atomic E-state index is 0.0501. The van der Waals surface area contributed by atoms with Gasteiger partial charge in [0.25, 0.3) is 5.91 Å². The van der Waals surface area contributed by atoms with E-state index in [1.54, 1.807) is 17.8 Å². The van der Waals surface area contributed by atoms with Crippen LogP contribution in [0.15, 0.2) is 12.4 Å². The first-order chi connectivity index (χ1) is 8.02. The van der Waals surface area contributed by atoms with Gasteiger partial charge in [0.2, 0.25) is 0 Å². The third-order valence-electron chi connectivity index (χ3n) is 2.35. The van der Waals surface area contributed by atoms with Crippen molar-refractivity contribution in [1.82, 2.24) is 15.1 Å². The lowest BCUT2D eigenvalue weighted by atomic mass is 10.1. The van der Waals surface area contributed by atoms with E-state index in [2.05, 4.69) is 10.4 Å². The molecule has 0 saturated carbocycles. The molecule has 0 aromatic carbocycles. The molecule has 0 radical (unpaired) electrons. The zero-order valence-electron chi connectivity index (χ0n) is 10.0. The summed E-state index contributed by atoms with van der Waals surface area (Å²) < 4.78 is 1.66. The number of hydrogen-bond acceptors (Lipinski definition) is 3. The Bertz CT molecular complexity index is 400. The minimum atomic E-state index is -0.856. The summed E-state index contributed by atoms with van der Waals surface area (Å²) in [6.45, 7) is 4.78. The van der Waals surface area contributed by atoms with Gasteiger partial charge in [-0.2, -0.15) is 5.10 Å². The summed E-state index contributed by atoms with van der Waals surface area (Å²) in [6.07, 6.45) is 3.21. The van der Waals surface area contributed by atoms with Gasteiger partial charge in [-0.1, -0.05) is 6.92 Å². The summed E-state index contributed by atoms with van der Waals surface area (Å²) >= 11 is 0. The van der Waals surface area contributed by atoms with Crippen LogP contribution >= 0.6 is 0 Å². The predicted octanol–water partition coefficient (Wildman–Crippen LogP) is 0.744. The van der Waals surface area contributed by atoms with Crippen LogP contribution in [0.3, 0.4) is 0 Å². The van der Waals surface area contributed by atoms with Gasteiger partial charge in [-0.3, -0.25) is 14.3 Å². The number of nitrogens with zero attached hydrogens (tertiary/aromatic N) is 2. The molecule has 1 aromatic heterocycles. The SMILES string of the molecule is CCn1cc(C(=O)NCC(C)CC(=O)O)cn1. The van der Waals surface area contributed by atoms with Gasteiger partial charge < -0.3 is 10.4 Å². The lowest BCUT2D eigenvalue weighted by molar-refractivity contribution is -0.137. The maximum atomic E-state index is 11.7. The number of aryl methyl sites for hydroxylation is 1. The van der Waals surface area contributed by atoms with Crippen LogP contribution in [-0.4, -0.2) is 33.3 Å². The fraction of sp³-hybridized carbons (Fsp3) is 0.545. The molecule has 6 heteroatoms. The number of hydrogen-bond donors (Lipinski definition) is 2. The molecule has 0 spiro atoms. The normalized spacial score (nSPS) is 12.1. The lowest BCUT2D eigenvalue weighted by Crippen LogP contribution is -2.28. The smallest absolute Gasteiger partial charge is 0.303 e. The number of aliphatic carboxylic acids is 1. The molecular weight excluding hydrogens is 222 g/mol. The van der Waals surface area contributed by atoms with Gasteiger partial charge in [0.1, 0.15) is 0 Å². The summed E-state index contributed by atoms with van der Waals surface area (Å²) in [7, 11) is 0. The average Bonchev–Trinajstić information content (AvgIpc) is 2.73. The fourth-order valence-corrected chi connectivity index (χ4v) is 1.39. The van der Waals surface area contributed by atoms with Gasteiger partial charge in [0.05, 0.1) is 11.8 Å². The van der Waals surface area contributed by atoms with Crippen molar-refractivity contribution in [2.75, 3.05) is 6.54 Å². The van der Waals surface area contributed by atoms with Gasteiger partial charge >= 0.3 is 5.97 Å². The molecule has 0 fully saturated rings. The summed E-state index contributed by atoms with van der Waals surface area (Å²) in [5.41, 5.74) is 0.495. The zero-order valence-corrected chi connectivity index (χ0v) is 10.0. The molecule has 17 heavy (non-hydrogen) atoms. The predicted molar refractivity (Wildman–Crippen MR) is 61.7 cm³/mol. The van der Waals surface area contributed by atoms with Gasteiger partial charge in [-0.05, 0) is 12.8 Å². The van der Waals surface area contributed by atoms with Gasteiger partial charge in [0, 0.05) is 25.7 Å². The molecule has 2 N–H and O–H groups in total. The fourth-order valence-electron chi connectivity index (χ4n) is 1.39. The molecule has 0 aliphatic heterocycles. The molecule has 1 heterocycles. The highest BCUT2D eigenvalue weighted by Gasteiger charge is 2.11. The van der Waals surface area contributed by atoms with Crippen LogP contribution in [0.1, 0.15) is 30.6 Å². The molecule has 0 bridgehead atoms. The Morgan fingerprint density at radius 1 is 1.59 bits per heavy atom. The van der Waals surface area contributed by atoms with Crippen molar-refractivity contribution >= 4 is 11.9 Å². The van der Waals surface area contributed by atoms with E-state index >= 15 is 0 Å². The van der Waals surface area contributed by atoms with Crippen molar-refractivity contribution < 1.29 is 14.7 Å². The number of carbonyl (C=O) groups excluding carboxylic acids is 1. The Balaban J connectivity index is 2.41. The summed E-state index contributed by atoms with van der Waals surface area (Å²) in [5.74, 6) is -1.16. The molecule has 94 valence electrons. The van der Waals surface area contributed by atoms with Crippen LogP contribution < -0.4 is 5.32 Å². The highest BCUT2D eigenvalue weighted by Crippen LogP contribution is 2.01. The standard InChI is InChI=1S/C11H17N3O3/c1-3-14-7-9(6-13-14)11(17)12-5-8(2)4-10(15)16/h6-8H,3-5H2,1-2H3,(H,12,17)(H,15,16). The first-order valence-electron chi connectivity index (χ1n) is 5.55. The molecule has 1 atom stereocenters. The molecule has 0 aliphatic carbocycles. The van der Waals surface area contributed by atoms with Crippen molar-refractivity contribution in [3.05, 3.63) is 18.0 Å². The van der Waals surface area contributed by atoms with E-state index < -0.39 is 5.97 Å². The molecular formula is C11H17N3O3. The quantitative estimate of drug-likeness (QED) is 0.767. The second-order valence-corrected chi connectivity index (χ2v) is 4.00. The average molecular weight is 239 g/mol. The molecule has 6 nitrogen and oxygen atoms in total. The number of carboxylic acid groups (broad SMARTS) is 1. The highest BCUT2D eigenvalue weighted by atomic mass is 16.4. The number of carboxylic acids is 1. The van der Waals surface area contributed by atoms with Gasteiger partial charge in [-0.25, -0.2) is 0 Å². The van der Waals surface area contributed by atoms with Crippen LogP contribution in [-0.2, 0) is 11.3 Å².